The normalized spacial score (nSPS) is 14.5. The molecular formula is C24H31N3O6S. The zero-order valence-electron chi connectivity index (χ0n) is 19.7. The monoisotopic (exact) mass is 489 g/mol. The highest BCUT2D eigenvalue weighted by Gasteiger charge is 2.28. The lowest BCUT2D eigenvalue weighted by molar-refractivity contribution is -0.123. The molecule has 3 rings (SSSR count). The second kappa shape index (κ2) is 11.3. The molecule has 0 radical (unpaired) electrons. The van der Waals surface area contributed by atoms with Crippen molar-refractivity contribution in [2.45, 2.75) is 44.0 Å². The van der Waals surface area contributed by atoms with Crippen molar-refractivity contribution in [3.8, 4) is 11.5 Å². The number of methoxy groups -OCH3 is 1. The minimum atomic E-state index is -3.73. The number of rotatable bonds is 9. The molecule has 1 aliphatic heterocycles. The number of piperidine rings is 1. The number of ether oxygens (including phenoxy) is 2. The molecule has 34 heavy (non-hydrogen) atoms. The summed E-state index contributed by atoms with van der Waals surface area (Å²) in [5.74, 6) is -0.181. The van der Waals surface area contributed by atoms with Crippen molar-refractivity contribution < 1.29 is 27.5 Å². The number of benzene rings is 2. The Labute approximate surface area is 200 Å². The first-order chi connectivity index (χ1) is 16.2. The second-order valence-corrected chi connectivity index (χ2v) is 10.2. The number of sulfonamides is 1. The van der Waals surface area contributed by atoms with Crippen molar-refractivity contribution in [1.82, 2.24) is 9.62 Å². The first-order valence-corrected chi connectivity index (χ1v) is 12.7. The minimum absolute atomic E-state index is 0.00864. The van der Waals surface area contributed by atoms with Crippen LogP contribution >= 0.6 is 0 Å². The van der Waals surface area contributed by atoms with E-state index in [1.807, 2.05) is 13.8 Å². The van der Waals surface area contributed by atoms with Crippen molar-refractivity contribution in [2.24, 2.45) is 0 Å². The summed E-state index contributed by atoms with van der Waals surface area (Å²) in [4.78, 5) is 24.9. The van der Waals surface area contributed by atoms with Gasteiger partial charge >= 0.3 is 0 Å². The maximum Gasteiger partial charge on any atom is 0.258 e. The maximum absolute atomic E-state index is 13.2. The van der Waals surface area contributed by atoms with E-state index in [2.05, 4.69) is 10.6 Å². The van der Waals surface area contributed by atoms with Gasteiger partial charge in [0.05, 0.1) is 12.8 Å². The van der Waals surface area contributed by atoms with E-state index in [0.717, 1.165) is 19.3 Å². The summed E-state index contributed by atoms with van der Waals surface area (Å²) in [5, 5.41) is 5.44. The van der Waals surface area contributed by atoms with Gasteiger partial charge in [0, 0.05) is 24.7 Å². The highest BCUT2D eigenvalue weighted by atomic mass is 32.2. The number of hydrogen-bond donors (Lipinski definition) is 2. The van der Waals surface area contributed by atoms with Gasteiger partial charge in [-0.2, -0.15) is 4.31 Å². The van der Waals surface area contributed by atoms with Gasteiger partial charge in [0.25, 0.3) is 11.8 Å². The third kappa shape index (κ3) is 6.27. The molecule has 1 fully saturated rings. The number of carbonyl (C=O) groups is 2. The fraction of sp³-hybridized carbons (Fsp3) is 0.417. The van der Waals surface area contributed by atoms with Crippen LogP contribution in [0.1, 0.15) is 43.5 Å². The van der Waals surface area contributed by atoms with Crippen molar-refractivity contribution in [3.05, 3.63) is 48.0 Å². The molecule has 0 saturated carbocycles. The van der Waals surface area contributed by atoms with Gasteiger partial charge in [-0.05, 0) is 57.0 Å². The topological polar surface area (TPSA) is 114 Å². The molecule has 0 aromatic heterocycles. The van der Waals surface area contributed by atoms with Crippen LogP contribution in [-0.2, 0) is 14.8 Å². The summed E-state index contributed by atoms with van der Waals surface area (Å²) in [6.45, 7) is 4.45. The summed E-state index contributed by atoms with van der Waals surface area (Å²) in [5.41, 5.74) is 0.462. The van der Waals surface area contributed by atoms with Crippen molar-refractivity contribution in [3.63, 3.8) is 0 Å². The summed E-state index contributed by atoms with van der Waals surface area (Å²) in [7, 11) is -2.30. The average molecular weight is 490 g/mol. The SMILES string of the molecule is COc1cc(C(=O)Nc2ccccc2S(=O)(=O)N2CCCCC2)ccc1OCC(=O)NC(C)C. The molecule has 2 aromatic rings. The van der Waals surface area contributed by atoms with E-state index in [1.165, 1.54) is 35.7 Å². The number of nitrogens with zero attached hydrogens (tertiary/aromatic N) is 1. The van der Waals surface area contributed by atoms with E-state index in [-0.39, 0.29) is 40.5 Å². The minimum Gasteiger partial charge on any atom is -0.493 e. The molecular weight excluding hydrogens is 458 g/mol. The van der Waals surface area contributed by atoms with Gasteiger partial charge in [-0.3, -0.25) is 9.59 Å². The summed E-state index contributed by atoms with van der Waals surface area (Å²) >= 11 is 0. The van der Waals surface area contributed by atoms with Crippen LogP contribution in [-0.4, -0.2) is 57.4 Å². The van der Waals surface area contributed by atoms with Gasteiger partial charge in [-0.15, -0.1) is 0 Å². The Kier molecular flexibility index (Phi) is 8.51. The van der Waals surface area contributed by atoms with Gasteiger partial charge in [-0.1, -0.05) is 18.6 Å². The maximum atomic E-state index is 13.2. The Hall–Kier alpha value is -3.11. The van der Waals surface area contributed by atoms with Crippen LogP contribution in [0.3, 0.4) is 0 Å². The van der Waals surface area contributed by atoms with E-state index in [1.54, 1.807) is 18.2 Å². The second-order valence-electron chi connectivity index (χ2n) is 8.29. The molecule has 1 saturated heterocycles. The highest BCUT2D eigenvalue weighted by molar-refractivity contribution is 7.89. The Morgan fingerprint density at radius 1 is 1.03 bits per heavy atom. The van der Waals surface area contributed by atoms with E-state index in [0.29, 0.717) is 18.8 Å². The molecule has 1 aliphatic rings. The number of para-hydroxylation sites is 1. The van der Waals surface area contributed by atoms with E-state index < -0.39 is 15.9 Å². The fourth-order valence-electron chi connectivity index (χ4n) is 3.67. The molecule has 184 valence electrons. The van der Waals surface area contributed by atoms with Crippen molar-refractivity contribution >= 4 is 27.5 Å². The quantitative estimate of drug-likeness (QED) is 0.560. The first kappa shape index (κ1) is 25.5. The standard InChI is InChI=1S/C24H31N3O6S/c1-17(2)25-23(28)16-33-20-12-11-18(15-21(20)32-3)24(29)26-19-9-5-6-10-22(19)34(30,31)27-13-7-4-8-14-27/h5-6,9-12,15,17H,4,7-8,13-14,16H2,1-3H3,(H,25,28)(H,26,29). The number of carbonyl (C=O) groups excluding carboxylic acids is 2. The zero-order chi connectivity index (χ0) is 24.7. The van der Waals surface area contributed by atoms with Gasteiger partial charge in [-0.25, -0.2) is 8.42 Å². The molecule has 2 N–H and O–H groups in total. The highest BCUT2D eigenvalue weighted by Crippen LogP contribution is 2.30. The van der Waals surface area contributed by atoms with Gasteiger partial charge in [0.1, 0.15) is 4.90 Å². The number of hydrogen-bond acceptors (Lipinski definition) is 6. The van der Waals surface area contributed by atoms with Crippen LogP contribution in [0.5, 0.6) is 11.5 Å². The van der Waals surface area contributed by atoms with Crippen LogP contribution in [0.2, 0.25) is 0 Å². The molecule has 1 heterocycles. The van der Waals surface area contributed by atoms with Crippen LogP contribution in [0, 0.1) is 0 Å². The molecule has 2 aromatic carbocycles. The lowest BCUT2D eigenvalue weighted by Crippen LogP contribution is -2.36. The first-order valence-electron chi connectivity index (χ1n) is 11.2. The molecule has 9 nitrogen and oxygen atoms in total. The molecule has 0 unspecified atom stereocenters. The van der Waals surface area contributed by atoms with Crippen LogP contribution in [0.25, 0.3) is 0 Å². The number of amides is 2. The lowest BCUT2D eigenvalue weighted by Gasteiger charge is -2.26. The predicted molar refractivity (Wildman–Crippen MR) is 129 cm³/mol. The van der Waals surface area contributed by atoms with Crippen LogP contribution in [0.4, 0.5) is 5.69 Å². The van der Waals surface area contributed by atoms with Gasteiger partial charge in [0.15, 0.2) is 18.1 Å². The largest absolute Gasteiger partial charge is 0.493 e. The van der Waals surface area contributed by atoms with Crippen LogP contribution in [0.15, 0.2) is 47.4 Å². The molecule has 0 bridgehead atoms. The Bertz CT molecular complexity index is 1130. The van der Waals surface area contributed by atoms with Crippen LogP contribution < -0.4 is 20.1 Å². The fourth-order valence-corrected chi connectivity index (χ4v) is 5.33. The van der Waals surface area contributed by atoms with E-state index in [4.69, 9.17) is 9.47 Å². The van der Waals surface area contributed by atoms with E-state index >= 15 is 0 Å². The summed E-state index contributed by atoms with van der Waals surface area (Å²) < 4.78 is 38.6. The molecule has 0 aliphatic carbocycles. The third-order valence-electron chi connectivity index (χ3n) is 5.30. The molecule has 2 amide bonds. The van der Waals surface area contributed by atoms with E-state index in [9.17, 15) is 18.0 Å². The average Bonchev–Trinajstić information content (AvgIpc) is 2.83. The van der Waals surface area contributed by atoms with Gasteiger partial charge < -0.3 is 20.1 Å². The number of nitrogens with one attached hydrogen (secondary N) is 2. The predicted octanol–water partition coefficient (Wildman–Crippen LogP) is 3.03. The third-order valence-corrected chi connectivity index (χ3v) is 7.26. The van der Waals surface area contributed by atoms with Crippen molar-refractivity contribution in [2.75, 3.05) is 32.1 Å². The smallest absolute Gasteiger partial charge is 0.258 e. The van der Waals surface area contributed by atoms with Gasteiger partial charge in [0.2, 0.25) is 10.0 Å². The zero-order valence-corrected chi connectivity index (χ0v) is 20.5. The molecule has 0 spiro atoms. The Balaban J connectivity index is 1.77. The lowest BCUT2D eigenvalue weighted by atomic mass is 10.2. The summed E-state index contributed by atoms with van der Waals surface area (Å²) in [6.07, 6.45) is 2.65. The molecule has 10 heteroatoms. The molecule has 0 atom stereocenters. The summed E-state index contributed by atoms with van der Waals surface area (Å²) in [6, 6.07) is 10.9. The van der Waals surface area contributed by atoms with Crippen molar-refractivity contribution in [1.29, 1.82) is 0 Å². The Morgan fingerprint density at radius 3 is 2.41 bits per heavy atom. The number of anilines is 1. The Morgan fingerprint density at radius 2 is 1.74 bits per heavy atom.